The Hall–Kier alpha value is -1.79. The van der Waals surface area contributed by atoms with E-state index in [-0.39, 0.29) is 11.9 Å². The summed E-state index contributed by atoms with van der Waals surface area (Å²) in [6.45, 7) is 0. The lowest BCUT2D eigenvalue weighted by molar-refractivity contribution is -0.124. The van der Waals surface area contributed by atoms with Crippen molar-refractivity contribution in [2.24, 2.45) is 0 Å². The van der Waals surface area contributed by atoms with Crippen LogP contribution in [0.5, 0.6) is 11.5 Å². The third kappa shape index (κ3) is 3.40. The van der Waals surface area contributed by atoms with E-state index in [0.29, 0.717) is 32.9 Å². The van der Waals surface area contributed by atoms with E-state index in [4.69, 9.17) is 33.3 Å². The van der Waals surface area contributed by atoms with E-state index >= 15 is 0 Å². The van der Waals surface area contributed by atoms with Gasteiger partial charge in [0, 0.05) is 19.2 Å². The number of nitrogens with zero attached hydrogens (tertiary/aromatic N) is 2. The molecule has 5 nitrogen and oxygen atoms in total. The summed E-state index contributed by atoms with van der Waals surface area (Å²) in [4.78, 5) is 16.6. The van der Waals surface area contributed by atoms with Crippen molar-refractivity contribution in [1.82, 2.24) is 9.80 Å². The van der Waals surface area contributed by atoms with Crippen LogP contribution in [0.25, 0.3) is 6.08 Å². The van der Waals surface area contributed by atoms with E-state index in [0.717, 1.165) is 25.7 Å². The molecule has 0 aromatic heterocycles. The van der Waals surface area contributed by atoms with Gasteiger partial charge in [0.05, 0.1) is 19.2 Å². The van der Waals surface area contributed by atoms with Crippen molar-refractivity contribution in [2.45, 2.75) is 38.1 Å². The Kier molecular flexibility index (Phi) is 5.73. The molecule has 0 atom stereocenters. The molecule has 3 rings (SSSR count). The summed E-state index contributed by atoms with van der Waals surface area (Å²) in [5.41, 5.74) is 1.21. The van der Waals surface area contributed by atoms with Gasteiger partial charge in [-0.1, -0.05) is 30.9 Å². The number of likely N-dealkylation sites (N-methyl/N-ethyl adjacent to an activating group) is 1. The third-order valence-electron chi connectivity index (χ3n) is 5.03. The highest BCUT2D eigenvalue weighted by Gasteiger charge is 2.40. The molecule has 2 aliphatic rings. The monoisotopic (exact) mass is 394 g/mol. The van der Waals surface area contributed by atoms with Crippen molar-refractivity contribution in [3.63, 3.8) is 0 Å². The fraction of sp³-hybridized carbons (Fsp3) is 0.474. The van der Waals surface area contributed by atoms with Crippen molar-refractivity contribution in [3.05, 3.63) is 28.4 Å². The van der Waals surface area contributed by atoms with Crippen LogP contribution in [0, 0.1) is 0 Å². The van der Waals surface area contributed by atoms with Gasteiger partial charge in [-0.3, -0.25) is 9.69 Å². The zero-order valence-corrected chi connectivity index (χ0v) is 16.8. The van der Waals surface area contributed by atoms with E-state index in [1.807, 2.05) is 7.05 Å². The number of benzene rings is 1. The summed E-state index contributed by atoms with van der Waals surface area (Å²) in [6, 6.07) is 3.64. The Labute approximate surface area is 164 Å². The lowest BCUT2D eigenvalue weighted by atomic mass is 9.94. The average molecular weight is 395 g/mol. The molecule has 1 aromatic carbocycles. The van der Waals surface area contributed by atoms with Crippen LogP contribution in [-0.2, 0) is 4.79 Å². The Bertz CT molecular complexity index is 759. The molecule has 0 unspecified atom stereocenters. The highest BCUT2D eigenvalue weighted by molar-refractivity contribution is 7.80. The minimum atomic E-state index is -0.0600. The first kappa shape index (κ1) is 19.0. The lowest BCUT2D eigenvalue weighted by Crippen LogP contribution is -2.41. The summed E-state index contributed by atoms with van der Waals surface area (Å²) in [7, 11) is 4.94. The number of carbonyl (C=O) groups excluding carboxylic acids is 1. The summed E-state index contributed by atoms with van der Waals surface area (Å²) in [5.74, 6) is 1.05. The van der Waals surface area contributed by atoms with Gasteiger partial charge < -0.3 is 14.4 Å². The number of halogens is 1. The minimum absolute atomic E-state index is 0.0600. The zero-order chi connectivity index (χ0) is 18.8. The largest absolute Gasteiger partial charge is 0.493 e. The van der Waals surface area contributed by atoms with Crippen molar-refractivity contribution in [2.75, 3.05) is 21.3 Å². The van der Waals surface area contributed by atoms with Gasteiger partial charge in [-0.15, -0.1) is 0 Å². The number of thiocarbonyl (C=S) groups is 1. The number of amides is 1. The average Bonchev–Trinajstić information content (AvgIpc) is 2.86. The van der Waals surface area contributed by atoms with Crippen LogP contribution in [0.1, 0.15) is 37.7 Å². The van der Waals surface area contributed by atoms with Gasteiger partial charge >= 0.3 is 0 Å². The second-order valence-electron chi connectivity index (χ2n) is 6.57. The van der Waals surface area contributed by atoms with Crippen molar-refractivity contribution in [1.29, 1.82) is 0 Å². The maximum Gasteiger partial charge on any atom is 0.277 e. The number of methoxy groups -OCH3 is 2. The zero-order valence-electron chi connectivity index (χ0n) is 15.3. The molecule has 7 heteroatoms. The SMILES string of the molecule is COc1cc(Cl)c(C=C2C(=O)N(C3CCCCC3)C(=S)N2C)cc1OC. The van der Waals surface area contributed by atoms with E-state index < -0.39 is 0 Å². The summed E-state index contributed by atoms with van der Waals surface area (Å²) in [6.07, 6.45) is 7.28. The van der Waals surface area contributed by atoms with Gasteiger partial charge in [0.2, 0.25) is 0 Å². The summed E-state index contributed by atoms with van der Waals surface area (Å²) < 4.78 is 10.6. The van der Waals surface area contributed by atoms with Crippen LogP contribution in [0.4, 0.5) is 0 Å². The molecule has 0 bridgehead atoms. The highest BCUT2D eigenvalue weighted by atomic mass is 35.5. The first-order chi connectivity index (χ1) is 12.5. The van der Waals surface area contributed by atoms with Gasteiger partial charge in [-0.25, -0.2) is 0 Å². The standard InChI is InChI=1S/C19H23ClN2O3S/c1-21-15(9-12-10-16(24-2)17(25-3)11-14(12)20)18(23)22(19(21)26)13-7-5-4-6-8-13/h9-11,13H,4-8H2,1-3H3. The normalized spacial score (nSPS) is 20.2. The molecule has 1 aliphatic heterocycles. The van der Waals surface area contributed by atoms with Crippen LogP contribution in [0.2, 0.25) is 5.02 Å². The molecule has 1 heterocycles. The smallest absolute Gasteiger partial charge is 0.277 e. The quantitative estimate of drug-likeness (QED) is 0.568. The Morgan fingerprint density at radius 3 is 2.38 bits per heavy atom. The molecule has 0 spiro atoms. The molecule has 1 amide bonds. The van der Waals surface area contributed by atoms with Crippen molar-refractivity contribution in [3.8, 4) is 11.5 Å². The molecule has 1 aromatic rings. The Morgan fingerprint density at radius 2 is 1.77 bits per heavy atom. The van der Waals surface area contributed by atoms with Crippen LogP contribution in [0.15, 0.2) is 17.8 Å². The predicted octanol–water partition coefficient (Wildman–Crippen LogP) is 4.09. The summed E-state index contributed by atoms with van der Waals surface area (Å²) in [5, 5.41) is 1.04. The second kappa shape index (κ2) is 7.84. The van der Waals surface area contributed by atoms with Crippen LogP contribution in [0.3, 0.4) is 0 Å². The lowest BCUT2D eigenvalue weighted by Gasteiger charge is -2.30. The minimum Gasteiger partial charge on any atom is -0.493 e. The predicted molar refractivity (Wildman–Crippen MR) is 107 cm³/mol. The molecule has 0 radical (unpaired) electrons. The molecule has 1 saturated heterocycles. The Balaban J connectivity index is 1.95. The number of rotatable bonds is 4. The molecule has 1 saturated carbocycles. The second-order valence-corrected chi connectivity index (χ2v) is 7.34. The molecule has 2 fully saturated rings. The first-order valence-electron chi connectivity index (χ1n) is 8.72. The van der Waals surface area contributed by atoms with Crippen molar-refractivity contribution < 1.29 is 14.3 Å². The van der Waals surface area contributed by atoms with Gasteiger partial charge in [-0.2, -0.15) is 0 Å². The van der Waals surface area contributed by atoms with Gasteiger partial charge in [-0.05, 0) is 42.8 Å². The Morgan fingerprint density at radius 1 is 1.15 bits per heavy atom. The van der Waals surface area contributed by atoms with E-state index in [9.17, 15) is 4.79 Å². The van der Waals surface area contributed by atoms with Crippen LogP contribution in [-0.4, -0.2) is 48.1 Å². The number of hydrogen-bond acceptors (Lipinski definition) is 4. The third-order valence-corrected chi connectivity index (χ3v) is 5.83. The van der Waals surface area contributed by atoms with Gasteiger partial charge in [0.25, 0.3) is 5.91 Å². The van der Waals surface area contributed by atoms with Crippen LogP contribution < -0.4 is 9.47 Å². The summed E-state index contributed by atoms with van der Waals surface area (Å²) >= 11 is 11.9. The van der Waals surface area contributed by atoms with E-state index in [1.54, 1.807) is 42.2 Å². The highest BCUT2D eigenvalue weighted by Crippen LogP contribution is 2.36. The van der Waals surface area contributed by atoms with Gasteiger partial charge in [0.1, 0.15) is 5.70 Å². The number of hydrogen-bond donors (Lipinski definition) is 0. The molecule has 0 N–H and O–H groups in total. The topological polar surface area (TPSA) is 42.0 Å². The maximum absolute atomic E-state index is 13.0. The fourth-order valence-corrected chi connectivity index (χ4v) is 4.10. The molecule has 26 heavy (non-hydrogen) atoms. The number of ether oxygens (including phenoxy) is 2. The molecule has 140 valence electrons. The van der Waals surface area contributed by atoms with E-state index in [1.165, 1.54) is 6.42 Å². The fourth-order valence-electron chi connectivity index (χ4n) is 3.57. The van der Waals surface area contributed by atoms with Crippen LogP contribution >= 0.6 is 23.8 Å². The maximum atomic E-state index is 13.0. The number of carbonyl (C=O) groups is 1. The molecular formula is C19H23ClN2O3S. The van der Waals surface area contributed by atoms with E-state index in [2.05, 4.69) is 0 Å². The van der Waals surface area contributed by atoms with Crippen molar-refractivity contribution >= 4 is 40.9 Å². The molecule has 1 aliphatic carbocycles. The van der Waals surface area contributed by atoms with Gasteiger partial charge in [0.15, 0.2) is 16.6 Å². The first-order valence-corrected chi connectivity index (χ1v) is 9.51. The molecular weight excluding hydrogens is 372 g/mol.